The van der Waals surface area contributed by atoms with E-state index in [4.69, 9.17) is 15.0 Å². The van der Waals surface area contributed by atoms with E-state index in [9.17, 15) is 0 Å². The number of aliphatic imine (C=N–C) groups is 2. The van der Waals surface area contributed by atoms with Gasteiger partial charge in [-0.3, -0.25) is 4.99 Å². The number of hydrogen-bond donors (Lipinski definition) is 0. The third kappa shape index (κ3) is 2.86. The summed E-state index contributed by atoms with van der Waals surface area (Å²) in [6.45, 7) is 6.54. The number of para-hydroxylation sites is 2. The number of hydrogen-bond acceptors (Lipinski definition) is 4. The van der Waals surface area contributed by atoms with Crippen molar-refractivity contribution in [2.24, 2.45) is 9.98 Å². The fraction of sp³-hybridized carbons (Fsp3) is 0.423. The average molecular weight is 412 g/mol. The predicted molar refractivity (Wildman–Crippen MR) is 126 cm³/mol. The van der Waals surface area contributed by atoms with Crippen molar-refractivity contribution in [3.63, 3.8) is 0 Å². The minimum atomic E-state index is 0.500. The molecule has 0 saturated heterocycles. The van der Waals surface area contributed by atoms with Gasteiger partial charge in [-0.1, -0.05) is 18.7 Å². The van der Waals surface area contributed by atoms with Crippen molar-refractivity contribution in [1.82, 2.24) is 14.5 Å². The molecule has 0 unspecified atom stereocenters. The van der Waals surface area contributed by atoms with Gasteiger partial charge in [0.15, 0.2) is 11.7 Å². The summed E-state index contributed by atoms with van der Waals surface area (Å²) in [5.74, 6) is 1.84. The first-order chi connectivity index (χ1) is 15.1. The Bertz CT molecular complexity index is 1230. The zero-order valence-corrected chi connectivity index (χ0v) is 18.5. The van der Waals surface area contributed by atoms with Crippen molar-refractivity contribution in [2.45, 2.75) is 64.3 Å². The van der Waals surface area contributed by atoms with E-state index in [1.807, 2.05) is 0 Å². The van der Waals surface area contributed by atoms with Crippen LogP contribution in [0.5, 0.6) is 0 Å². The highest BCUT2D eigenvalue weighted by Crippen LogP contribution is 2.39. The number of likely N-dealkylation sites (N-methyl/N-ethyl adjacent to an activating group) is 1. The van der Waals surface area contributed by atoms with Gasteiger partial charge in [0.1, 0.15) is 0 Å². The molecule has 1 aromatic heterocycles. The quantitative estimate of drug-likeness (QED) is 0.630. The molecule has 5 heteroatoms. The third-order valence-corrected chi connectivity index (χ3v) is 7.44. The van der Waals surface area contributed by atoms with Gasteiger partial charge < -0.3 is 9.47 Å². The molecule has 3 heterocycles. The zero-order valence-electron chi connectivity index (χ0n) is 18.5. The summed E-state index contributed by atoms with van der Waals surface area (Å²) in [4.78, 5) is 17.4. The average Bonchev–Trinajstić information content (AvgIpc) is 3.33. The first-order valence-corrected chi connectivity index (χ1v) is 11.6. The molecule has 158 valence electrons. The van der Waals surface area contributed by atoms with Crippen LogP contribution in [0.15, 0.2) is 69.1 Å². The second-order valence-corrected chi connectivity index (χ2v) is 9.29. The molecule has 2 aromatic rings. The van der Waals surface area contributed by atoms with Crippen LogP contribution >= 0.6 is 0 Å². The van der Waals surface area contributed by atoms with Crippen molar-refractivity contribution >= 4 is 22.6 Å². The van der Waals surface area contributed by atoms with E-state index < -0.39 is 0 Å². The Morgan fingerprint density at radius 1 is 1.03 bits per heavy atom. The number of fused-ring (bicyclic) bond motifs is 1. The summed E-state index contributed by atoms with van der Waals surface area (Å²) in [6.07, 6.45) is 9.47. The van der Waals surface area contributed by atoms with Crippen molar-refractivity contribution < 1.29 is 0 Å². The van der Waals surface area contributed by atoms with E-state index in [0.29, 0.717) is 6.04 Å². The minimum Gasteiger partial charge on any atom is -0.327 e. The molecule has 1 fully saturated rings. The molecule has 0 spiro atoms. The maximum Gasteiger partial charge on any atom is 0.177 e. The van der Waals surface area contributed by atoms with Crippen LogP contribution in [0.1, 0.15) is 70.2 Å². The van der Waals surface area contributed by atoms with Crippen LogP contribution in [-0.4, -0.2) is 33.0 Å². The first-order valence-electron chi connectivity index (χ1n) is 11.6. The van der Waals surface area contributed by atoms with E-state index in [-0.39, 0.29) is 0 Å². The van der Waals surface area contributed by atoms with Crippen LogP contribution in [0.4, 0.5) is 0 Å². The number of amidine groups is 1. The van der Waals surface area contributed by atoms with Crippen LogP contribution in [0.25, 0.3) is 11.0 Å². The van der Waals surface area contributed by atoms with Gasteiger partial charge in [0.05, 0.1) is 22.4 Å². The van der Waals surface area contributed by atoms with Gasteiger partial charge in [0, 0.05) is 30.9 Å². The molecule has 1 saturated carbocycles. The van der Waals surface area contributed by atoms with E-state index in [2.05, 4.69) is 54.3 Å². The highest BCUT2D eigenvalue weighted by molar-refractivity contribution is 6.10. The molecule has 2 aliphatic heterocycles. The Morgan fingerprint density at radius 3 is 2.61 bits per heavy atom. The molecule has 5 nitrogen and oxygen atoms in total. The van der Waals surface area contributed by atoms with E-state index in [0.717, 1.165) is 52.7 Å². The van der Waals surface area contributed by atoms with Gasteiger partial charge in [0.2, 0.25) is 0 Å². The van der Waals surface area contributed by atoms with Gasteiger partial charge >= 0.3 is 0 Å². The molecule has 4 aliphatic rings. The van der Waals surface area contributed by atoms with Crippen LogP contribution in [0.3, 0.4) is 0 Å². The van der Waals surface area contributed by atoms with Gasteiger partial charge in [-0.05, 0) is 75.1 Å². The van der Waals surface area contributed by atoms with Crippen LogP contribution in [0, 0.1) is 0 Å². The lowest BCUT2D eigenvalue weighted by Gasteiger charge is -2.33. The minimum absolute atomic E-state index is 0.500. The Hall–Kier alpha value is -2.95. The van der Waals surface area contributed by atoms with Crippen LogP contribution in [0.2, 0.25) is 0 Å². The monoisotopic (exact) mass is 411 g/mol. The Kier molecular flexibility index (Phi) is 4.27. The summed E-state index contributed by atoms with van der Waals surface area (Å²) in [5, 5.41) is 0. The van der Waals surface area contributed by atoms with Crippen LogP contribution < -0.4 is 0 Å². The normalized spacial score (nSPS) is 22.1. The highest BCUT2D eigenvalue weighted by atomic mass is 15.3. The molecule has 0 atom stereocenters. The van der Waals surface area contributed by atoms with Gasteiger partial charge in [-0.2, -0.15) is 0 Å². The smallest absolute Gasteiger partial charge is 0.177 e. The molecule has 31 heavy (non-hydrogen) atoms. The molecule has 0 N–H and O–H groups in total. The number of allylic oxidation sites excluding steroid dienone is 4. The number of rotatable bonds is 3. The summed E-state index contributed by atoms with van der Waals surface area (Å²) in [5.41, 5.74) is 9.29. The molecule has 0 amide bonds. The number of benzene rings is 1. The van der Waals surface area contributed by atoms with Crippen LogP contribution in [-0.2, 0) is 0 Å². The highest BCUT2D eigenvalue weighted by Gasteiger charge is 2.33. The lowest BCUT2D eigenvalue weighted by Crippen LogP contribution is -2.35. The maximum atomic E-state index is 5.22. The number of imidazole rings is 1. The summed E-state index contributed by atoms with van der Waals surface area (Å²) >= 11 is 0. The number of aromatic nitrogens is 2. The van der Waals surface area contributed by atoms with Crippen molar-refractivity contribution in [3.8, 4) is 0 Å². The van der Waals surface area contributed by atoms with Crippen molar-refractivity contribution in [2.75, 3.05) is 7.05 Å². The van der Waals surface area contributed by atoms with Gasteiger partial charge in [0.25, 0.3) is 0 Å². The third-order valence-electron chi connectivity index (χ3n) is 7.44. The molecule has 0 bridgehead atoms. The Labute approximate surface area is 183 Å². The maximum absolute atomic E-state index is 5.22. The molecule has 0 radical (unpaired) electrons. The fourth-order valence-electron chi connectivity index (χ4n) is 5.30. The van der Waals surface area contributed by atoms with Gasteiger partial charge in [-0.25, -0.2) is 9.98 Å². The standard InChI is InChI=1S/C26H29N5/c1-16-17(2)30(3)25(29-24(16)22-15-18-9-4-5-12-20(18)27-22)26-28-21-13-6-7-14-23(21)31(26)19-10-8-11-19/h6-7,13-14,19H,2,4-5,8-12,15H2,1,3H3. The topological polar surface area (TPSA) is 45.8 Å². The Balaban J connectivity index is 1.48. The zero-order chi connectivity index (χ0) is 21.1. The SMILES string of the molecule is C=C1C(C)=C(C2=NC3=C(CCCC3)C2)N=C(c2nc3ccccc3n2C2CCC2)N1C. The van der Waals surface area contributed by atoms with E-state index >= 15 is 0 Å². The molecule has 6 rings (SSSR count). The lowest BCUT2D eigenvalue weighted by atomic mass is 9.92. The van der Waals surface area contributed by atoms with E-state index in [1.54, 1.807) is 0 Å². The summed E-state index contributed by atoms with van der Waals surface area (Å²) < 4.78 is 2.42. The van der Waals surface area contributed by atoms with E-state index in [1.165, 1.54) is 55.3 Å². The molecule has 1 aromatic carbocycles. The molecular weight excluding hydrogens is 382 g/mol. The second-order valence-electron chi connectivity index (χ2n) is 9.29. The number of nitrogens with zero attached hydrogens (tertiary/aromatic N) is 5. The predicted octanol–water partition coefficient (Wildman–Crippen LogP) is 5.91. The summed E-state index contributed by atoms with van der Waals surface area (Å²) in [6, 6.07) is 8.96. The Morgan fingerprint density at radius 2 is 1.84 bits per heavy atom. The van der Waals surface area contributed by atoms with Crippen molar-refractivity contribution in [1.29, 1.82) is 0 Å². The molecular formula is C26H29N5. The second kappa shape index (κ2) is 7.04. The molecule has 2 aliphatic carbocycles. The summed E-state index contributed by atoms with van der Waals surface area (Å²) in [7, 11) is 2.06. The fourth-order valence-corrected chi connectivity index (χ4v) is 5.30. The first kappa shape index (κ1) is 18.8. The largest absolute Gasteiger partial charge is 0.327 e. The lowest BCUT2D eigenvalue weighted by molar-refractivity contribution is 0.318. The van der Waals surface area contributed by atoms with Crippen molar-refractivity contribution in [3.05, 3.63) is 64.9 Å². The van der Waals surface area contributed by atoms with Gasteiger partial charge in [-0.15, -0.1) is 0 Å².